The van der Waals surface area contributed by atoms with E-state index in [0.29, 0.717) is 0 Å². The van der Waals surface area contributed by atoms with Crippen LogP contribution in [0.1, 0.15) is 0 Å². The second kappa shape index (κ2) is 10.3. The Morgan fingerprint density at radius 1 is 0.429 bits per heavy atom. The normalized spacial score (nSPS) is 12.1. The third kappa shape index (κ3) is 4.11. The van der Waals surface area contributed by atoms with Crippen molar-refractivity contribution in [2.24, 2.45) is 0 Å². The van der Waals surface area contributed by atoms with Gasteiger partial charge in [-0.2, -0.15) is 0 Å². The number of nitrogens with zero attached hydrogens (tertiary/aromatic N) is 2. The molecule has 0 fully saturated rings. The van der Waals surface area contributed by atoms with Crippen LogP contribution in [0.3, 0.4) is 0 Å². The molecule has 4 heterocycles. The number of furan rings is 2. The minimum absolute atomic E-state index is 0.855. The third-order valence-electron chi connectivity index (χ3n) is 9.50. The first kappa shape index (κ1) is 27.0. The predicted octanol–water partition coefficient (Wildman–Crippen LogP) is 13.6. The van der Waals surface area contributed by atoms with E-state index in [0.717, 1.165) is 77.0 Å². The molecule has 0 N–H and O–H groups in total. The molecule has 0 saturated carbocycles. The van der Waals surface area contributed by atoms with E-state index >= 15 is 0 Å². The Balaban J connectivity index is 1.15. The molecule has 0 radical (unpaired) electrons. The van der Waals surface area contributed by atoms with Crippen molar-refractivity contribution < 1.29 is 8.83 Å². The molecule has 4 nitrogen and oxygen atoms in total. The molecule has 4 aromatic heterocycles. The van der Waals surface area contributed by atoms with Crippen LogP contribution in [-0.2, 0) is 0 Å². The molecule has 49 heavy (non-hydrogen) atoms. The van der Waals surface area contributed by atoms with Crippen LogP contribution in [0.25, 0.3) is 84.8 Å². The first-order chi connectivity index (χ1) is 24.2. The van der Waals surface area contributed by atoms with E-state index in [1.807, 2.05) is 41.7 Å². The highest BCUT2D eigenvalue weighted by molar-refractivity contribution is 7.26. The van der Waals surface area contributed by atoms with Crippen LogP contribution in [0.15, 0.2) is 154 Å². The molecule has 0 saturated heterocycles. The lowest BCUT2D eigenvalue weighted by Crippen LogP contribution is -2.09. The van der Waals surface area contributed by atoms with Crippen molar-refractivity contribution in [3.05, 3.63) is 146 Å². The zero-order chi connectivity index (χ0) is 32.1. The Morgan fingerprint density at radius 3 is 1.67 bits per heavy atom. The maximum Gasteiger partial charge on any atom is 0.137 e. The van der Waals surface area contributed by atoms with Crippen LogP contribution in [0, 0.1) is 0 Å². The zero-order valence-corrected chi connectivity index (χ0v) is 27.5. The van der Waals surface area contributed by atoms with E-state index in [2.05, 4.69) is 120 Å². The highest BCUT2D eigenvalue weighted by Crippen LogP contribution is 2.46. The Hall–Kier alpha value is -5.95. The average molecular weight is 665 g/mol. The molecule has 0 atom stereocenters. The molecule has 11 rings (SSSR count). The van der Waals surface area contributed by atoms with Crippen molar-refractivity contribution in [2.45, 2.75) is 0 Å². The van der Waals surface area contributed by atoms with Gasteiger partial charge in [-0.3, -0.25) is 0 Å². The smallest absolute Gasteiger partial charge is 0.137 e. The zero-order valence-electron chi connectivity index (χ0n) is 25.9. The van der Waals surface area contributed by atoms with Gasteiger partial charge in [0.25, 0.3) is 0 Å². The molecule has 6 heteroatoms. The number of rotatable bonds is 4. The first-order valence-corrected chi connectivity index (χ1v) is 17.8. The monoisotopic (exact) mass is 664 g/mol. The molecule has 0 aliphatic heterocycles. The van der Waals surface area contributed by atoms with Crippen molar-refractivity contribution in [3.63, 3.8) is 0 Å². The second-order valence-electron chi connectivity index (χ2n) is 12.3. The predicted molar refractivity (Wildman–Crippen MR) is 207 cm³/mol. The van der Waals surface area contributed by atoms with Gasteiger partial charge in [-0.15, -0.1) is 22.7 Å². The second-order valence-corrected chi connectivity index (χ2v) is 14.5. The number of aromatic nitrogens is 1. The fourth-order valence-corrected chi connectivity index (χ4v) is 9.31. The highest BCUT2D eigenvalue weighted by Gasteiger charge is 2.20. The van der Waals surface area contributed by atoms with Crippen molar-refractivity contribution >= 4 is 114 Å². The summed E-state index contributed by atoms with van der Waals surface area (Å²) in [5.74, 6) is 0. The van der Waals surface area contributed by atoms with E-state index in [4.69, 9.17) is 13.8 Å². The van der Waals surface area contributed by atoms with Crippen LogP contribution >= 0.6 is 22.7 Å². The van der Waals surface area contributed by atoms with Gasteiger partial charge in [-0.05, 0) is 66.7 Å². The summed E-state index contributed by atoms with van der Waals surface area (Å²) in [6.45, 7) is 0. The summed E-state index contributed by atoms with van der Waals surface area (Å²) in [5, 5.41) is 7.89. The summed E-state index contributed by atoms with van der Waals surface area (Å²) in [5.41, 5.74) is 8.75. The van der Waals surface area contributed by atoms with Crippen molar-refractivity contribution in [1.82, 2.24) is 4.98 Å². The van der Waals surface area contributed by atoms with Crippen molar-refractivity contribution in [1.29, 1.82) is 0 Å². The van der Waals surface area contributed by atoms with Crippen LogP contribution in [0.4, 0.5) is 17.1 Å². The molecule has 0 spiro atoms. The molecule has 0 aliphatic rings. The van der Waals surface area contributed by atoms with Gasteiger partial charge < -0.3 is 13.7 Å². The number of hydrogen-bond acceptors (Lipinski definition) is 6. The van der Waals surface area contributed by atoms with Gasteiger partial charge in [0.15, 0.2) is 0 Å². The molecule has 230 valence electrons. The maximum absolute atomic E-state index is 6.38. The topological polar surface area (TPSA) is 42.4 Å². The number of thiazole rings is 1. The number of hydrogen-bond donors (Lipinski definition) is 0. The van der Waals surface area contributed by atoms with Crippen molar-refractivity contribution in [3.8, 4) is 10.6 Å². The van der Waals surface area contributed by atoms with Crippen LogP contribution < -0.4 is 4.90 Å². The van der Waals surface area contributed by atoms with E-state index in [-0.39, 0.29) is 0 Å². The lowest BCUT2D eigenvalue weighted by atomic mass is 10.1. The molecule has 0 bridgehead atoms. The third-order valence-corrected chi connectivity index (χ3v) is 11.7. The molecular formula is C43H24N2O2S2. The summed E-state index contributed by atoms with van der Waals surface area (Å²) < 4.78 is 16.4. The molecule has 0 unspecified atom stereocenters. The minimum Gasteiger partial charge on any atom is -0.456 e. The Morgan fingerprint density at radius 2 is 0.980 bits per heavy atom. The fourth-order valence-electron chi connectivity index (χ4n) is 7.24. The quantitative estimate of drug-likeness (QED) is 0.188. The Bertz CT molecular complexity index is 2960. The van der Waals surface area contributed by atoms with Gasteiger partial charge in [0.05, 0.1) is 10.2 Å². The maximum atomic E-state index is 6.38. The Labute approximate surface area is 287 Å². The van der Waals surface area contributed by atoms with E-state index < -0.39 is 0 Å². The molecule has 11 aromatic rings. The summed E-state index contributed by atoms with van der Waals surface area (Å²) in [4.78, 5) is 7.53. The van der Waals surface area contributed by atoms with E-state index in [9.17, 15) is 0 Å². The Kier molecular flexibility index (Phi) is 5.67. The number of para-hydroxylation sites is 2. The van der Waals surface area contributed by atoms with Gasteiger partial charge in [-0.1, -0.05) is 66.7 Å². The lowest BCUT2D eigenvalue weighted by molar-refractivity contribution is 0.669. The molecule has 7 aromatic carbocycles. The SMILES string of the molecule is c1ccc(-c2nc3c(ccc4sc5ccc(N(c6ccc7c(c6)oc6ccccc67)c6ccc7c(c6)oc6ccccc67)cc5c43)s2)cc1. The largest absolute Gasteiger partial charge is 0.456 e. The number of thiophene rings is 1. The average Bonchev–Trinajstić information content (AvgIpc) is 3.92. The minimum atomic E-state index is 0.855. The van der Waals surface area contributed by atoms with Crippen LogP contribution in [-0.4, -0.2) is 4.98 Å². The standard InChI is InChI=1S/C43H24N2O2S2/c1-2-8-25(9-3-1)43-44-42-40(49-43)21-20-39-41(42)33-22-26(16-19-38(33)48-39)45(27-14-17-31-29-10-4-6-12-34(29)46-36(31)23-27)28-15-18-32-30-11-5-7-13-35(30)47-37(32)24-28/h1-24H. The molecule has 0 amide bonds. The van der Waals surface area contributed by atoms with Crippen molar-refractivity contribution in [2.75, 3.05) is 4.90 Å². The van der Waals surface area contributed by atoms with Gasteiger partial charge in [0.1, 0.15) is 27.3 Å². The summed E-state index contributed by atoms with van der Waals surface area (Å²) in [6.07, 6.45) is 0. The van der Waals surface area contributed by atoms with Crippen LogP contribution in [0.2, 0.25) is 0 Å². The molecule has 0 aliphatic carbocycles. The van der Waals surface area contributed by atoms with Gasteiger partial charge >= 0.3 is 0 Å². The van der Waals surface area contributed by atoms with Gasteiger partial charge in [0.2, 0.25) is 0 Å². The molecular weight excluding hydrogens is 641 g/mol. The number of fused-ring (bicyclic) bond motifs is 11. The van der Waals surface area contributed by atoms with E-state index in [1.54, 1.807) is 11.3 Å². The van der Waals surface area contributed by atoms with Gasteiger partial charge in [-0.25, -0.2) is 4.98 Å². The first-order valence-electron chi connectivity index (χ1n) is 16.2. The lowest BCUT2D eigenvalue weighted by Gasteiger charge is -2.25. The number of benzene rings is 7. The van der Waals surface area contributed by atoms with E-state index in [1.165, 1.54) is 24.9 Å². The highest BCUT2D eigenvalue weighted by atomic mass is 32.1. The summed E-state index contributed by atoms with van der Waals surface area (Å²) in [6, 6.07) is 51.2. The summed E-state index contributed by atoms with van der Waals surface area (Å²) in [7, 11) is 0. The fraction of sp³-hybridized carbons (Fsp3) is 0. The number of anilines is 3. The van der Waals surface area contributed by atoms with Crippen LogP contribution in [0.5, 0.6) is 0 Å². The van der Waals surface area contributed by atoms with Gasteiger partial charge in [0, 0.05) is 76.5 Å². The summed E-state index contributed by atoms with van der Waals surface area (Å²) >= 11 is 3.57.